The number of halogens is 3. The van der Waals surface area contributed by atoms with Gasteiger partial charge in [-0.25, -0.2) is 0 Å². The molecular weight excluding hydrogens is 373 g/mol. The van der Waals surface area contributed by atoms with Crippen molar-refractivity contribution in [2.75, 3.05) is 0 Å². The van der Waals surface area contributed by atoms with Gasteiger partial charge in [-0.3, -0.25) is 0 Å². The third kappa shape index (κ3) is 5.34. The molecule has 97 valence electrons. The maximum Gasteiger partial charge on any atom is 0.414 e. The smallest absolute Gasteiger partial charge is 0.388 e. The van der Waals surface area contributed by atoms with Crippen LogP contribution >= 0.6 is 0 Å². The summed E-state index contributed by atoms with van der Waals surface area (Å²) in [7, 11) is 0. The molecule has 1 aromatic carbocycles. The monoisotopic (exact) mass is 387 g/mol. The van der Waals surface area contributed by atoms with Crippen molar-refractivity contribution in [1.29, 1.82) is 0 Å². The Morgan fingerprint density at radius 1 is 1.18 bits per heavy atom. The molecule has 2 N–H and O–H groups in total. The van der Waals surface area contributed by atoms with Crippen LogP contribution < -0.4 is 0 Å². The molecule has 0 aliphatic heterocycles. The van der Waals surface area contributed by atoms with Crippen LogP contribution in [-0.4, -0.2) is 22.5 Å². The topological polar surface area (TPSA) is 40.5 Å². The van der Waals surface area contributed by atoms with Crippen LogP contribution in [-0.2, 0) is 0 Å². The SMILES string of the molecule is Cc1ccccc1C(O)CC(O)C(F)(F)F.[Eu]. The van der Waals surface area contributed by atoms with Gasteiger partial charge >= 0.3 is 6.18 Å². The van der Waals surface area contributed by atoms with Crippen molar-refractivity contribution in [3.05, 3.63) is 35.4 Å². The van der Waals surface area contributed by atoms with E-state index >= 15 is 0 Å². The number of aliphatic hydroxyl groups excluding tert-OH is 2. The van der Waals surface area contributed by atoms with Crippen LogP contribution in [0, 0.1) is 56.3 Å². The van der Waals surface area contributed by atoms with E-state index in [0.717, 1.165) is 0 Å². The fourth-order valence-electron chi connectivity index (χ4n) is 1.43. The van der Waals surface area contributed by atoms with Gasteiger partial charge < -0.3 is 10.2 Å². The van der Waals surface area contributed by atoms with Crippen molar-refractivity contribution >= 4 is 0 Å². The second-order valence-corrected chi connectivity index (χ2v) is 3.67. The third-order valence-corrected chi connectivity index (χ3v) is 2.37. The van der Waals surface area contributed by atoms with Crippen molar-refractivity contribution < 1.29 is 72.8 Å². The number of alkyl halides is 3. The molecule has 0 bridgehead atoms. The van der Waals surface area contributed by atoms with Gasteiger partial charge in [-0.15, -0.1) is 0 Å². The van der Waals surface area contributed by atoms with Gasteiger partial charge in [0.2, 0.25) is 0 Å². The molecule has 0 aliphatic rings. The number of rotatable bonds is 3. The molecule has 0 saturated heterocycles. The van der Waals surface area contributed by atoms with Crippen molar-refractivity contribution in [1.82, 2.24) is 0 Å². The van der Waals surface area contributed by atoms with E-state index in [0.29, 0.717) is 11.1 Å². The molecule has 0 aliphatic carbocycles. The Bertz CT molecular complexity index is 355. The maximum absolute atomic E-state index is 12.1. The molecule has 0 amide bonds. The maximum atomic E-state index is 12.1. The van der Waals surface area contributed by atoms with Gasteiger partial charge in [-0.1, -0.05) is 24.3 Å². The summed E-state index contributed by atoms with van der Waals surface area (Å²) in [5.41, 5.74) is 1.11. The number of aryl methyl sites for hydroxylation is 1. The Balaban J connectivity index is 0.00000256. The summed E-state index contributed by atoms with van der Waals surface area (Å²) < 4.78 is 36.2. The molecule has 0 saturated carbocycles. The molecule has 1 radical (unpaired) electrons. The molecule has 0 spiro atoms. The van der Waals surface area contributed by atoms with E-state index in [1.807, 2.05) is 0 Å². The fraction of sp³-hybridized carbons (Fsp3) is 0.455. The van der Waals surface area contributed by atoms with Crippen LogP contribution in [0.1, 0.15) is 23.7 Å². The standard InChI is InChI=1S/C11H13F3O2.Eu/c1-7-4-2-3-5-8(7)9(15)6-10(16)11(12,13)14;/h2-5,9-10,15-16H,6H2,1H3;. The zero-order valence-corrected chi connectivity index (χ0v) is 11.5. The molecule has 0 fully saturated rings. The van der Waals surface area contributed by atoms with Gasteiger partial charge in [0.15, 0.2) is 6.10 Å². The van der Waals surface area contributed by atoms with Crippen molar-refractivity contribution in [2.24, 2.45) is 0 Å². The first kappa shape index (κ1) is 17.5. The van der Waals surface area contributed by atoms with Gasteiger partial charge in [0.25, 0.3) is 0 Å². The first-order chi connectivity index (χ1) is 7.32. The molecule has 17 heavy (non-hydrogen) atoms. The Kier molecular flexibility index (Phi) is 7.41. The van der Waals surface area contributed by atoms with E-state index in [9.17, 15) is 18.3 Å². The number of hydrogen-bond acceptors (Lipinski definition) is 2. The van der Waals surface area contributed by atoms with Crippen molar-refractivity contribution in [3.8, 4) is 0 Å². The molecule has 0 heterocycles. The summed E-state index contributed by atoms with van der Waals surface area (Å²) in [6.45, 7) is 1.69. The predicted molar refractivity (Wildman–Crippen MR) is 52.8 cm³/mol. The molecule has 0 aromatic heterocycles. The summed E-state index contributed by atoms with van der Waals surface area (Å²) in [6, 6.07) is 6.60. The third-order valence-electron chi connectivity index (χ3n) is 2.37. The van der Waals surface area contributed by atoms with Gasteiger partial charge in [-0.2, -0.15) is 13.2 Å². The zero-order chi connectivity index (χ0) is 12.3. The number of hydrogen-bond donors (Lipinski definition) is 2. The second-order valence-electron chi connectivity index (χ2n) is 3.67. The van der Waals surface area contributed by atoms with Crippen LogP contribution in [0.4, 0.5) is 13.2 Å². The zero-order valence-electron chi connectivity index (χ0n) is 9.08. The van der Waals surface area contributed by atoms with Gasteiger partial charge in [0.1, 0.15) is 0 Å². The van der Waals surface area contributed by atoms with Gasteiger partial charge in [-0.05, 0) is 18.1 Å². The Morgan fingerprint density at radius 2 is 1.71 bits per heavy atom. The average Bonchev–Trinajstić information content (AvgIpc) is 2.16. The molecule has 2 atom stereocenters. The largest absolute Gasteiger partial charge is 0.414 e. The quantitative estimate of drug-likeness (QED) is 0.838. The normalized spacial score (nSPS) is 14.9. The molecular formula is C11H13EuF3O2. The summed E-state index contributed by atoms with van der Waals surface area (Å²) in [5.74, 6) is 0. The van der Waals surface area contributed by atoms with Crippen LogP contribution in [0.5, 0.6) is 0 Å². The number of aliphatic hydroxyl groups is 2. The van der Waals surface area contributed by atoms with Gasteiger partial charge in [0, 0.05) is 55.8 Å². The Morgan fingerprint density at radius 3 is 2.18 bits per heavy atom. The molecule has 1 aromatic rings. The van der Waals surface area contributed by atoms with Crippen molar-refractivity contribution in [2.45, 2.75) is 31.7 Å². The Labute approximate surface area is 138 Å². The van der Waals surface area contributed by atoms with Crippen LogP contribution in [0.2, 0.25) is 0 Å². The summed E-state index contributed by atoms with van der Waals surface area (Å²) in [4.78, 5) is 0. The van der Waals surface area contributed by atoms with Crippen LogP contribution in [0.15, 0.2) is 24.3 Å². The van der Waals surface area contributed by atoms with E-state index in [1.54, 1.807) is 31.2 Å². The van der Waals surface area contributed by atoms with Crippen LogP contribution in [0.25, 0.3) is 0 Å². The second kappa shape index (κ2) is 7.19. The molecule has 6 heteroatoms. The number of benzene rings is 1. The molecule has 1 rings (SSSR count). The average molecular weight is 386 g/mol. The van der Waals surface area contributed by atoms with E-state index in [4.69, 9.17) is 5.11 Å². The minimum absolute atomic E-state index is 0. The van der Waals surface area contributed by atoms with E-state index in [-0.39, 0.29) is 49.4 Å². The van der Waals surface area contributed by atoms with Crippen molar-refractivity contribution in [3.63, 3.8) is 0 Å². The fourth-order valence-corrected chi connectivity index (χ4v) is 1.43. The molecule has 2 unspecified atom stereocenters. The minimum Gasteiger partial charge on any atom is -0.388 e. The summed E-state index contributed by atoms with van der Waals surface area (Å²) >= 11 is 0. The molecule has 2 nitrogen and oxygen atoms in total. The summed E-state index contributed by atoms with van der Waals surface area (Å²) in [6.07, 6.45) is -9.24. The Hall–Kier alpha value is 0.514. The minimum atomic E-state index is -4.69. The van der Waals surface area contributed by atoms with E-state index < -0.39 is 24.8 Å². The predicted octanol–water partition coefficient (Wildman–Crippen LogP) is 2.34. The van der Waals surface area contributed by atoms with Gasteiger partial charge in [0.05, 0.1) is 6.10 Å². The summed E-state index contributed by atoms with van der Waals surface area (Å²) in [5, 5.41) is 18.4. The van der Waals surface area contributed by atoms with E-state index in [2.05, 4.69) is 0 Å². The van der Waals surface area contributed by atoms with Crippen LogP contribution in [0.3, 0.4) is 0 Å². The first-order valence-electron chi connectivity index (χ1n) is 4.80. The van der Waals surface area contributed by atoms with E-state index in [1.165, 1.54) is 0 Å². The first-order valence-corrected chi connectivity index (χ1v) is 4.80.